The number of amides is 1. The van der Waals surface area contributed by atoms with E-state index < -0.39 is 0 Å². The lowest BCUT2D eigenvalue weighted by Gasteiger charge is -2.25. The summed E-state index contributed by atoms with van der Waals surface area (Å²) >= 11 is 8.97. The van der Waals surface area contributed by atoms with Crippen LogP contribution in [0.5, 0.6) is 0 Å². The van der Waals surface area contributed by atoms with E-state index in [0.717, 1.165) is 4.88 Å². The third kappa shape index (κ3) is 2.64. The molecule has 0 atom stereocenters. The number of nitrogens with zero attached hydrogens (tertiary/aromatic N) is 1. The molecule has 0 aromatic carbocycles. The largest absolute Gasteiger partial charge is 0.334 e. The molecule has 0 saturated carbocycles. The van der Waals surface area contributed by atoms with Gasteiger partial charge in [0.2, 0.25) is 0 Å². The second kappa shape index (κ2) is 5.38. The summed E-state index contributed by atoms with van der Waals surface area (Å²) in [4.78, 5) is 15.0. The van der Waals surface area contributed by atoms with Crippen LogP contribution in [0.15, 0.2) is 17.5 Å². The van der Waals surface area contributed by atoms with Gasteiger partial charge in [0, 0.05) is 27.9 Å². The molecule has 0 fully saturated rings. The van der Waals surface area contributed by atoms with Gasteiger partial charge in [0.05, 0.1) is 4.88 Å². The zero-order valence-electron chi connectivity index (χ0n) is 9.77. The standard InChI is InChI=1S/C12H14ClNOS2/c1-8(2)14(5-4-13)12(15)11-7-10-9(17-11)3-6-16-10/h3,6-8H,4-5H2,1-2H3. The van der Waals surface area contributed by atoms with E-state index >= 15 is 0 Å². The maximum Gasteiger partial charge on any atom is 0.264 e. The van der Waals surface area contributed by atoms with Crippen LogP contribution in [-0.4, -0.2) is 29.3 Å². The smallest absolute Gasteiger partial charge is 0.264 e. The van der Waals surface area contributed by atoms with E-state index in [1.807, 2.05) is 24.8 Å². The Hall–Kier alpha value is -0.580. The van der Waals surface area contributed by atoms with Gasteiger partial charge in [0.25, 0.3) is 5.91 Å². The molecule has 1 amide bonds. The number of halogens is 1. The van der Waals surface area contributed by atoms with E-state index in [4.69, 9.17) is 11.6 Å². The molecule has 0 aliphatic rings. The number of carbonyl (C=O) groups excluding carboxylic acids is 1. The van der Waals surface area contributed by atoms with Gasteiger partial charge in [0.1, 0.15) is 0 Å². The van der Waals surface area contributed by atoms with Crippen LogP contribution in [0.3, 0.4) is 0 Å². The third-order valence-electron chi connectivity index (χ3n) is 2.56. The van der Waals surface area contributed by atoms with Gasteiger partial charge in [-0.3, -0.25) is 4.79 Å². The van der Waals surface area contributed by atoms with E-state index in [9.17, 15) is 4.79 Å². The number of carbonyl (C=O) groups is 1. The zero-order chi connectivity index (χ0) is 12.4. The molecule has 5 heteroatoms. The first-order valence-corrected chi connectivity index (χ1v) is 7.70. The molecule has 92 valence electrons. The molecule has 0 aliphatic heterocycles. The highest BCUT2D eigenvalue weighted by Crippen LogP contribution is 2.30. The van der Waals surface area contributed by atoms with Gasteiger partial charge in [-0.2, -0.15) is 0 Å². The van der Waals surface area contributed by atoms with Crippen molar-refractivity contribution in [2.24, 2.45) is 0 Å². The molecule has 2 aromatic heterocycles. The summed E-state index contributed by atoms with van der Waals surface area (Å²) in [7, 11) is 0. The monoisotopic (exact) mass is 287 g/mol. The van der Waals surface area contributed by atoms with Crippen LogP contribution in [0.1, 0.15) is 23.5 Å². The first-order chi connectivity index (χ1) is 8.13. The Labute approximate surface area is 114 Å². The molecular weight excluding hydrogens is 274 g/mol. The predicted molar refractivity (Wildman–Crippen MR) is 76.6 cm³/mol. The quantitative estimate of drug-likeness (QED) is 0.777. The number of thiophene rings is 2. The fourth-order valence-electron chi connectivity index (χ4n) is 1.70. The van der Waals surface area contributed by atoms with Crippen molar-refractivity contribution in [3.05, 3.63) is 22.4 Å². The summed E-state index contributed by atoms with van der Waals surface area (Å²) in [5.74, 6) is 0.568. The first kappa shape index (κ1) is 12.9. The Kier molecular flexibility index (Phi) is 4.07. The summed E-state index contributed by atoms with van der Waals surface area (Å²) < 4.78 is 2.38. The van der Waals surface area contributed by atoms with Crippen LogP contribution in [0, 0.1) is 0 Å². The topological polar surface area (TPSA) is 20.3 Å². The Morgan fingerprint density at radius 1 is 1.47 bits per heavy atom. The molecule has 17 heavy (non-hydrogen) atoms. The Balaban J connectivity index is 2.26. The minimum absolute atomic E-state index is 0.0917. The maximum atomic E-state index is 12.3. The number of hydrogen-bond donors (Lipinski definition) is 0. The molecule has 2 nitrogen and oxygen atoms in total. The lowest BCUT2D eigenvalue weighted by molar-refractivity contribution is 0.0723. The van der Waals surface area contributed by atoms with Crippen LogP contribution >= 0.6 is 34.3 Å². The molecule has 0 spiro atoms. The average Bonchev–Trinajstić information content (AvgIpc) is 2.84. The Morgan fingerprint density at radius 2 is 2.24 bits per heavy atom. The van der Waals surface area contributed by atoms with Gasteiger partial charge in [-0.15, -0.1) is 34.3 Å². The Bertz CT molecular complexity index is 489. The molecule has 2 heterocycles. The van der Waals surface area contributed by atoms with Crippen molar-refractivity contribution < 1.29 is 4.79 Å². The normalized spacial score (nSPS) is 11.3. The minimum atomic E-state index is 0.0917. The predicted octanol–water partition coefficient (Wildman–Crippen LogP) is 4.05. The van der Waals surface area contributed by atoms with Gasteiger partial charge in [-0.05, 0) is 31.4 Å². The number of rotatable bonds is 4. The van der Waals surface area contributed by atoms with Crippen LogP contribution in [-0.2, 0) is 0 Å². The summed E-state index contributed by atoms with van der Waals surface area (Å²) in [5.41, 5.74) is 0. The van der Waals surface area contributed by atoms with E-state index in [1.165, 1.54) is 9.40 Å². The van der Waals surface area contributed by atoms with E-state index in [2.05, 4.69) is 11.4 Å². The summed E-state index contributed by atoms with van der Waals surface area (Å²) in [6, 6.07) is 4.22. The van der Waals surface area contributed by atoms with E-state index in [-0.39, 0.29) is 11.9 Å². The molecule has 0 radical (unpaired) electrons. The molecular formula is C12H14ClNOS2. The summed E-state index contributed by atoms with van der Waals surface area (Å²) in [6.45, 7) is 4.63. The molecule has 0 aliphatic carbocycles. The lowest BCUT2D eigenvalue weighted by Crippen LogP contribution is -2.37. The molecule has 0 bridgehead atoms. The van der Waals surface area contributed by atoms with Crippen molar-refractivity contribution in [1.82, 2.24) is 4.90 Å². The lowest BCUT2D eigenvalue weighted by atomic mass is 10.3. The van der Waals surface area contributed by atoms with Gasteiger partial charge < -0.3 is 4.90 Å². The highest BCUT2D eigenvalue weighted by atomic mass is 35.5. The van der Waals surface area contributed by atoms with Crippen LogP contribution in [0.25, 0.3) is 9.40 Å². The highest BCUT2D eigenvalue weighted by Gasteiger charge is 2.20. The fourth-order valence-corrected chi connectivity index (χ4v) is 3.94. The van der Waals surface area contributed by atoms with Crippen molar-refractivity contribution in [2.45, 2.75) is 19.9 Å². The second-order valence-electron chi connectivity index (χ2n) is 4.04. The Morgan fingerprint density at radius 3 is 2.82 bits per heavy atom. The van der Waals surface area contributed by atoms with Crippen LogP contribution < -0.4 is 0 Å². The van der Waals surface area contributed by atoms with E-state index in [0.29, 0.717) is 12.4 Å². The number of fused-ring (bicyclic) bond motifs is 1. The number of hydrogen-bond acceptors (Lipinski definition) is 3. The summed E-state index contributed by atoms with van der Waals surface area (Å²) in [6.07, 6.45) is 0. The fraction of sp³-hybridized carbons (Fsp3) is 0.417. The maximum absolute atomic E-state index is 12.3. The molecule has 0 saturated heterocycles. The van der Waals surface area contributed by atoms with Gasteiger partial charge in [-0.1, -0.05) is 0 Å². The van der Waals surface area contributed by atoms with Crippen molar-refractivity contribution in [3.8, 4) is 0 Å². The van der Waals surface area contributed by atoms with Crippen molar-refractivity contribution >= 4 is 49.6 Å². The van der Waals surface area contributed by atoms with Crippen molar-refractivity contribution in [1.29, 1.82) is 0 Å². The van der Waals surface area contributed by atoms with E-state index in [1.54, 1.807) is 22.7 Å². The van der Waals surface area contributed by atoms with Crippen molar-refractivity contribution in [3.63, 3.8) is 0 Å². The van der Waals surface area contributed by atoms with Crippen LogP contribution in [0.4, 0.5) is 0 Å². The van der Waals surface area contributed by atoms with Gasteiger partial charge >= 0.3 is 0 Å². The average molecular weight is 288 g/mol. The second-order valence-corrected chi connectivity index (χ2v) is 6.45. The SMILES string of the molecule is CC(C)N(CCCl)C(=O)c1cc2sccc2s1. The molecule has 2 aromatic rings. The minimum Gasteiger partial charge on any atom is -0.334 e. The highest BCUT2D eigenvalue weighted by molar-refractivity contribution is 7.27. The molecule has 0 N–H and O–H groups in total. The van der Waals surface area contributed by atoms with Crippen LogP contribution in [0.2, 0.25) is 0 Å². The summed E-state index contributed by atoms with van der Waals surface area (Å²) in [5, 5.41) is 2.05. The van der Waals surface area contributed by atoms with Gasteiger partial charge in [-0.25, -0.2) is 0 Å². The molecule has 0 unspecified atom stereocenters. The van der Waals surface area contributed by atoms with Crippen molar-refractivity contribution in [2.75, 3.05) is 12.4 Å². The molecule has 2 rings (SSSR count). The zero-order valence-corrected chi connectivity index (χ0v) is 12.2. The number of alkyl halides is 1. The first-order valence-electron chi connectivity index (χ1n) is 5.47. The van der Waals surface area contributed by atoms with Gasteiger partial charge in [0.15, 0.2) is 0 Å². The third-order valence-corrected chi connectivity index (χ3v) is 4.81.